The number of piperidine rings is 1. The Labute approximate surface area is 140 Å². The molecule has 2 N–H and O–H groups in total. The molecule has 0 aromatic rings. The number of nitrogens with one attached hydrogen (secondary N) is 2. The molecule has 0 radical (unpaired) electrons. The number of carbonyl (C=O) groups excluding carboxylic acids is 1. The Balaban J connectivity index is 0.00000144. The number of fused-ring (bicyclic) bond motifs is 5. The fourth-order valence-electron chi connectivity index (χ4n) is 6.02. The number of hydrogen-bond donors (Lipinski definition) is 2. The summed E-state index contributed by atoms with van der Waals surface area (Å²) < 4.78 is 0. The van der Waals surface area contributed by atoms with E-state index in [1.165, 1.54) is 44.9 Å². The van der Waals surface area contributed by atoms with Crippen LogP contribution in [0, 0.1) is 29.6 Å². The lowest BCUT2D eigenvalue weighted by Gasteiger charge is -2.32. The van der Waals surface area contributed by atoms with E-state index in [9.17, 15) is 4.79 Å². The second-order valence-electron chi connectivity index (χ2n) is 8.06. The van der Waals surface area contributed by atoms with E-state index in [2.05, 4.69) is 10.6 Å². The normalized spacial score (nSPS) is 40.3. The van der Waals surface area contributed by atoms with Gasteiger partial charge in [-0.25, -0.2) is 0 Å². The summed E-state index contributed by atoms with van der Waals surface area (Å²) in [4.78, 5) is 12.3. The highest BCUT2D eigenvalue weighted by atomic mass is 35.5. The van der Waals surface area contributed by atoms with E-state index in [1.807, 2.05) is 0 Å². The summed E-state index contributed by atoms with van der Waals surface area (Å²) in [6.07, 6.45) is 11.4. The minimum absolute atomic E-state index is 0. The molecular formula is C18H31ClN2O. The minimum atomic E-state index is 0. The summed E-state index contributed by atoms with van der Waals surface area (Å²) in [5.41, 5.74) is 0. The summed E-state index contributed by atoms with van der Waals surface area (Å²) in [6.45, 7) is 2.28. The Morgan fingerprint density at radius 1 is 1.00 bits per heavy atom. The van der Waals surface area contributed by atoms with Crippen LogP contribution in [-0.2, 0) is 4.79 Å². The van der Waals surface area contributed by atoms with Gasteiger partial charge in [0.25, 0.3) is 0 Å². The van der Waals surface area contributed by atoms with E-state index < -0.39 is 0 Å². The molecule has 1 amide bonds. The van der Waals surface area contributed by atoms with E-state index in [-0.39, 0.29) is 12.4 Å². The van der Waals surface area contributed by atoms with Crippen molar-refractivity contribution in [2.24, 2.45) is 29.6 Å². The molecule has 4 heteroatoms. The summed E-state index contributed by atoms with van der Waals surface area (Å²) >= 11 is 0. The first-order valence-corrected chi connectivity index (χ1v) is 9.31. The van der Waals surface area contributed by atoms with Crippen molar-refractivity contribution in [2.45, 2.75) is 63.8 Å². The molecule has 126 valence electrons. The molecule has 0 spiro atoms. The van der Waals surface area contributed by atoms with Crippen molar-refractivity contribution in [1.82, 2.24) is 10.6 Å². The average Bonchev–Trinajstić information content (AvgIpc) is 3.18. The van der Waals surface area contributed by atoms with Gasteiger partial charge >= 0.3 is 0 Å². The molecule has 1 aliphatic heterocycles. The first kappa shape index (κ1) is 16.6. The van der Waals surface area contributed by atoms with Gasteiger partial charge in [0.05, 0.1) is 0 Å². The molecule has 5 unspecified atom stereocenters. The zero-order valence-corrected chi connectivity index (χ0v) is 14.4. The minimum Gasteiger partial charge on any atom is -0.353 e. The second kappa shape index (κ2) is 7.09. The van der Waals surface area contributed by atoms with Crippen molar-refractivity contribution >= 4 is 18.3 Å². The highest BCUT2D eigenvalue weighted by molar-refractivity contribution is 5.85. The van der Waals surface area contributed by atoms with Crippen LogP contribution >= 0.6 is 12.4 Å². The number of hydrogen-bond acceptors (Lipinski definition) is 2. The second-order valence-corrected chi connectivity index (χ2v) is 8.06. The Bertz CT molecular complexity index is 397. The van der Waals surface area contributed by atoms with Crippen LogP contribution in [0.25, 0.3) is 0 Å². The molecule has 1 heterocycles. The van der Waals surface area contributed by atoms with E-state index in [0.717, 1.165) is 55.5 Å². The molecule has 4 rings (SSSR count). The Kier molecular flexibility index (Phi) is 5.34. The molecular weight excluding hydrogens is 296 g/mol. The van der Waals surface area contributed by atoms with Crippen LogP contribution in [0.4, 0.5) is 0 Å². The monoisotopic (exact) mass is 326 g/mol. The van der Waals surface area contributed by atoms with Crippen LogP contribution in [0.15, 0.2) is 0 Å². The van der Waals surface area contributed by atoms with Gasteiger partial charge in [0.2, 0.25) is 5.91 Å². The van der Waals surface area contributed by atoms with Gasteiger partial charge in [0.1, 0.15) is 0 Å². The van der Waals surface area contributed by atoms with Crippen molar-refractivity contribution in [1.29, 1.82) is 0 Å². The molecule has 3 aliphatic carbocycles. The molecule has 22 heavy (non-hydrogen) atoms. The van der Waals surface area contributed by atoms with Crippen LogP contribution < -0.4 is 10.6 Å². The van der Waals surface area contributed by atoms with Crippen LogP contribution in [0.1, 0.15) is 57.8 Å². The zero-order valence-electron chi connectivity index (χ0n) is 13.6. The number of halogens is 1. The van der Waals surface area contributed by atoms with Gasteiger partial charge < -0.3 is 10.6 Å². The lowest BCUT2D eigenvalue weighted by Crippen LogP contribution is -2.42. The van der Waals surface area contributed by atoms with Crippen molar-refractivity contribution in [3.8, 4) is 0 Å². The molecule has 3 nitrogen and oxygen atoms in total. The Hall–Kier alpha value is -0.280. The predicted molar refractivity (Wildman–Crippen MR) is 91.1 cm³/mol. The number of rotatable bonds is 4. The standard InChI is InChI=1S/C18H30N2O.ClH/c21-18(5-4-12-6-8-19-9-7-12)20-17-11-13-10-16(17)15-3-1-2-14(13)15;/h12-17,19H,1-11H2,(H,20,21);1H. The Morgan fingerprint density at radius 2 is 1.77 bits per heavy atom. The van der Waals surface area contributed by atoms with Crippen molar-refractivity contribution in [3.63, 3.8) is 0 Å². The largest absolute Gasteiger partial charge is 0.353 e. The number of amides is 1. The zero-order chi connectivity index (χ0) is 14.2. The van der Waals surface area contributed by atoms with Gasteiger partial charge in [0, 0.05) is 12.5 Å². The van der Waals surface area contributed by atoms with Crippen molar-refractivity contribution in [2.75, 3.05) is 13.1 Å². The maximum absolute atomic E-state index is 12.3. The highest BCUT2D eigenvalue weighted by Crippen LogP contribution is 2.58. The quantitative estimate of drug-likeness (QED) is 0.833. The predicted octanol–water partition coefficient (Wildman–Crippen LogP) is 3.13. The van der Waals surface area contributed by atoms with Crippen LogP contribution in [-0.4, -0.2) is 25.0 Å². The SMILES string of the molecule is Cl.O=C(CCC1CCNCC1)NC1CC2CC1C1CCCC21. The van der Waals surface area contributed by atoms with Crippen LogP contribution in [0.2, 0.25) is 0 Å². The average molecular weight is 327 g/mol. The third-order valence-electron chi connectivity index (χ3n) is 7.01. The summed E-state index contributed by atoms with van der Waals surface area (Å²) in [5, 5.41) is 6.81. The first-order valence-electron chi connectivity index (χ1n) is 9.31. The van der Waals surface area contributed by atoms with Gasteiger partial charge in [-0.05, 0) is 87.6 Å². The third kappa shape index (κ3) is 3.17. The molecule has 0 aromatic carbocycles. The smallest absolute Gasteiger partial charge is 0.220 e. The van der Waals surface area contributed by atoms with E-state index in [4.69, 9.17) is 0 Å². The topological polar surface area (TPSA) is 41.1 Å². The maximum atomic E-state index is 12.3. The van der Waals surface area contributed by atoms with E-state index >= 15 is 0 Å². The fraction of sp³-hybridized carbons (Fsp3) is 0.944. The Morgan fingerprint density at radius 3 is 2.59 bits per heavy atom. The number of carbonyl (C=O) groups is 1. The van der Waals surface area contributed by atoms with E-state index in [0.29, 0.717) is 11.9 Å². The first-order chi connectivity index (χ1) is 10.3. The maximum Gasteiger partial charge on any atom is 0.220 e. The van der Waals surface area contributed by atoms with Gasteiger partial charge in [0.15, 0.2) is 0 Å². The molecule has 0 aromatic heterocycles. The molecule has 5 atom stereocenters. The lowest BCUT2D eigenvalue weighted by molar-refractivity contribution is -0.122. The van der Waals surface area contributed by atoms with Crippen molar-refractivity contribution < 1.29 is 4.79 Å². The highest BCUT2D eigenvalue weighted by Gasteiger charge is 2.53. The van der Waals surface area contributed by atoms with Crippen LogP contribution in [0.5, 0.6) is 0 Å². The molecule has 4 aliphatic rings. The van der Waals surface area contributed by atoms with Crippen LogP contribution in [0.3, 0.4) is 0 Å². The summed E-state index contributed by atoms with van der Waals surface area (Å²) in [5.74, 6) is 4.86. The fourth-order valence-corrected chi connectivity index (χ4v) is 6.02. The van der Waals surface area contributed by atoms with Gasteiger partial charge in [-0.15, -0.1) is 12.4 Å². The third-order valence-corrected chi connectivity index (χ3v) is 7.01. The van der Waals surface area contributed by atoms with E-state index in [1.54, 1.807) is 0 Å². The lowest BCUT2D eigenvalue weighted by atomic mass is 9.79. The molecule has 3 saturated carbocycles. The molecule has 1 saturated heterocycles. The molecule has 2 bridgehead atoms. The summed E-state index contributed by atoms with van der Waals surface area (Å²) in [6, 6.07) is 0.523. The van der Waals surface area contributed by atoms with Gasteiger partial charge in [-0.2, -0.15) is 0 Å². The van der Waals surface area contributed by atoms with Gasteiger partial charge in [-0.3, -0.25) is 4.79 Å². The van der Waals surface area contributed by atoms with Crippen molar-refractivity contribution in [3.05, 3.63) is 0 Å². The van der Waals surface area contributed by atoms with Gasteiger partial charge in [-0.1, -0.05) is 6.42 Å². The molecule has 4 fully saturated rings. The summed E-state index contributed by atoms with van der Waals surface area (Å²) in [7, 11) is 0.